The van der Waals surface area contributed by atoms with Crippen molar-refractivity contribution in [1.82, 2.24) is 0 Å². The number of ketones is 1. The Morgan fingerprint density at radius 3 is 2.12 bits per heavy atom. The van der Waals surface area contributed by atoms with Crippen LogP contribution in [0.1, 0.15) is 15.9 Å². The van der Waals surface area contributed by atoms with Gasteiger partial charge in [0.1, 0.15) is 0 Å². The van der Waals surface area contributed by atoms with Crippen LogP contribution in [0.15, 0.2) is 18.2 Å². The molecule has 0 N–H and O–H groups in total. The molecule has 0 aliphatic carbocycles. The maximum Gasteiger partial charge on any atom is 0.416 e. The van der Waals surface area contributed by atoms with Crippen LogP contribution in [0.5, 0.6) is 0 Å². The van der Waals surface area contributed by atoms with Gasteiger partial charge in [-0.25, -0.2) is 0 Å². The van der Waals surface area contributed by atoms with Crippen LogP contribution in [0.2, 0.25) is 5.02 Å². The molecule has 0 saturated carbocycles. The number of carbonyl (C=O) groups excluding carboxylic acids is 1. The molecule has 0 spiro atoms. The summed E-state index contributed by atoms with van der Waals surface area (Å²) >= 11 is 7.17. The Morgan fingerprint density at radius 1 is 1.18 bits per heavy atom. The Labute approximate surface area is 106 Å². The largest absolute Gasteiger partial charge is 0.416 e. The van der Waals surface area contributed by atoms with Crippen LogP contribution in [0, 0.1) is 0 Å². The molecule has 0 radical (unpaired) electrons. The number of rotatable bonds is 2. The lowest BCUT2D eigenvalue weighted by Crippen LogP contribution is -2.22. The van der Waals surface area contributed by atoms with Crippen molar-refractivity contribution in [3.63, 3.8) is 0 Å². The average molecular weight is 337 g/mol. The highest BCUT2D eigenvalue weighted by atomic mass is 79.9. The van der Waals surface area contributed by atoms with Crippen molar-refractivity contribution in [2.45, 2.75) is 11.0 Å². The number of alkyl halides is 6. The third-order valence-electron chi connectivity index (χ3n) is 1.80. The highest BCUT2D eigenvalue weighted by Gasteiger charge is 2.39. The van der Waals surface area contributed by atoms with Crippen LogP contribution in [0.25, 0.3) is 0 Å². The predicted molar refractivity (Wildman–Crippen MR) is 54.7 cm³/mol. The fraction of sp³-hybridized carbons (Fsp3) is 0.222. The van der Waals surface area contributed by atoms with Gasteiger partial charge in [0.25, 0.3) is 0 Å². The quantitative estimate of drug-likeness (QED) is 0.440. The van der Waals surface area contributed by atoms with E-state index in [1.807, 2.05) is 0 Å². The Balaban J connectivity index is 3.30. The Kier molecular flexibility index (Phi) is 3.83. The fourth-order valence-electron chi connectivity index (χ4n) is 1.03. The van der Waals surface area contributed by atoms with E-state index in [-0.39, 0.29) is 0 Å². The molecule has 1 aromatic carbocycles. The number of Topliss-reactive ketones (excluding diaryl/α,β-unsaturated/α-hetero) is 1. The van der Waals surface area contributed by atoms with Gasteiger partial charge in [0, 0.05) is 5.56 Å². The summed E-state index contributed by atoms with van der Waals surface area (Å²) in [5.41, 5.74) is -2.11. The van der Waals surface area contributed by atoms with Gasteiger partial charge < -0.3 is 0 Å². The Morgan fingerprint density at radius 2 is 1.71 bits per heavy atom. The average Bonchev–Trinajstić information content (AvgIpc) is 2.14. The summed E-state index contributed by atoms with van der Waals surface area (Å²) in [6.45, 7) is 0. The van der Waals surface area contributed by atoms with Gasteiger partial charge in [0.15, 0.2) is 0 Å². The molecule has 94 valence electrons. The molecular formula is C9H3BrClF5O. The van der Waals surface area contributed by atoms with Crippen LogP contribution >= 0.6 is 27.5 Å². The highest BCUT2D eigenvalue weighted by Crippen LogP contribution is 2.35. The highest BCUT2D eigenvalue weighted by molar-refractivity contribution is 9.10. The zero-order chi connectivity index (χ0) is 13.4. The van der Waals surface area contributed by atoms with Crippen molar-refractivity contribution < 1.29 is 26.7 Å². The SMILES string of the molecule is O=C(c1cc(C(F)(F)F)ccc1Cl)C(F)(F)Br. The zero-order valence-corrected chi connectivity index (χ0v) is 10.1. The van der Waals surface area contributed by atoms with E-state index in [2.05, 4.69) is 0 Å². The van der Waals surface area contributed by atoms with Crippen molar-refractivity contribution in [2.75, 3.05) is 0 Å². The molecule has 0 aliphatic rings. The first kappa shape index (κ1) is 14.4. The molecule has 0 aromatic heterocycles. The van der Waals surface area contributed by atoms with E-state index in [1.165, 1.54) is 0 Å². The van der Waals surface area contributed by atoms with E-state index in [1.54, 1.807) is 15.9 Å². The molecule has 0 bridgehead atoms. The van der Waals surface area contributed by atoms with E-state index >= 15 is 0 Å². The maximum atomic E-state index is 12.6. The number of hydrogen-bond donors (Lipinski definition) is 0. The van der Waals surface area contributed by atoms with Gasteiger partial charge in [-0.3, -0.25) is 4.79 Å². The van der Waals surface area contributed by atoms with Crippen LogP contribution in [0.3, 0.4) is 0 Å². The summed E-state index contributed by atoms with van der Waals surface area (Å²) in [6, 6.07) is 1.64. The predicted octanol–water partition coefficient (Wildman–Crippen LogP) is 4.53. The van der Waals surface area contributed by atoms with Crippen molar-refractivity contribution in [3.05, 3.63) is 34.3 Å². The summed E-state index contributed by atoms with van der Waals surface area (Å²) in [4.78, 5) is 7.16. The van der Waals surface area contributed by atoms with Crippen molar-refractivity contribution in [1.29, 1.82) is 0 Å². The normalized spacial score (nSPS) is 12.6. The monoisotopic (exact) mass is 336 g/mol. The van der Waals surface area contributed by atoms with Crippen LogP contribution in [0.4, 0.5) is 22.0 Å². The summed E-state index contributed by atoms with van der Waals surface area (Å²) in [5, 5.41) is -0.470. The third kappa shape index (κ3) is 3.38. The lowest BCUT2D eigenvalue weighted by molar-refractivity contribution is -0.137. The molecule has 1 aromatic rings. The molecule has 0 fully saturated rings. The molecule has 1 nitrogen and oxygen atoms in total. The number of hydrogen-bond acceptors (Lipinski definition) is 1. The summed E-state index contributed by atoms with van der Waals surface area (Å²) in [5.74, 6) is -1.83. The molecule has 0 saturated heterocycles. The van der Waals surface area contributed by atoms with Gasteiger partial charge in [-0.15, -0.1) is 0 Å². The fourth-order valence-corrected chi connectivity index (χ4v) is 1.45. The minimum atomic E-state index is -4.73. The molecule has 1 rings (SSSR count). The number of carbonyl (C=O) groups is 1. The van der Waals surface area contributed by atoms with Crippen LogP contribution in [-0.2, 0) is 6.18 Å². The van der Waals surface area contributed by atoms with Crippen molar-refractivity contribution in [2.24, 2.45) is 0 Å². The number of halogens is 7. The van der Waals surface area contributed by atoms with E-state index in [9.17, 15) is 26.7 Å². The minimum Gasteiger partial charge on any atom is -0.286 e. The Bertz CT molecular complexity index is 452. The maximum absolute atomic E-state index is 12.6. The van der Waals surface area contributed by atoms with E-state index < -0.39 is 32.9 Å². The van der Waals surface area contributed by atoms with Gasteiger partial charge in [0.2, 0.25) is 5.78 Å². The van der Waals surface area contributed by atoms with Gasteiger partial charge in [-0.05, 0) is 34.1 Å². The molecule has 17 heavy (non-hydrogen) atoms. The van der Waals surface area contributed by atoms with E-state index in [4.69, 9.17) is 11.6 Å². The van der Waals surface area contributed by atoms with Gasteiger partial charge in [0.05, 0.1) is 10.6 Å². The molecular weight excluding hydrogens is 334 g/mol. The molecule has 0 aliphatic heterocycles. The van der Waals surface area contributed by atoms with Gasteiger partial charge >= 0.3 is 11.0 Å². The van der Waals surface area contributed by atoms with E-state index in [0.717, 1.165) is 6.07 Å². The van der Waals surface area contributed by atoms with Crippen LogP contribution in [-0.4, -0.2) is 10.6 Å². The standard InChI is InChI=1S/C9H3BrClF5O/c10-8(12,13)7(17)5-3-4(9(14,15)16)1-2-6(5)11/h1-3H. The summed E-state index contributed by atoms with van der Waals surface area (Å²) in [6.07, 6.45) is -4.73. The smallest absolute Gasteiger partial charge is 0.286 e. The van der Waals surface area contributed by atoms with Gasteiger partial charge in [-0.1, -0.05) is 11.6 Å². The first-order chi connectivity index (χ1) is 7.53. The second-order valence-corrected chi connectivity index (χ2v) is 4.42. The second-order valence-electron chi connectivity index (χ2n) is 3.02. The molecule has 0 heterocycles. The second kappa shape index (κ2) is 4.53. The topological polar surface area (TPSA) is 17.1 Å². The first-order valence-corrected chi connectivity index (χ1v) is 5.19. The molecule has 0 atom stereocenters. The molecule has 8 heteroatoms. The molecule has 0 unspecified atom stereocenters. The summed E-state index contributed by atoms with van der Waals surface area (Å²) in [7, 11) is 0. The van der Waals surface area contributed by atoms with Crippen molar-refractivity contribution in [3.8, 4) is 0 Å². The van der Waals surface area contributed by atoms with Crippen molar-refractivity contribution >= 4 is 33.3 Å². The lowest BCUT2D eigenvalue weighted by Gasteiger charge is -2.12. The zero-order valence-electron chi connectivity index (χ0n) is 7.79. The summed E-state index contributed by atoms with van der Waals surface area (Å²) < 4.78 is 62.2. The lowest BCUT2D eigenvalue weighted by atomic mass is 10.1. The Hall–Kier alpha value is -0.690. The van der Waals surface area contributed by atoms with Crippen LogP contribution < -0.4 is 0 Å². The number of benzene rings is 1. The third-order valence-corrected chi connectivity index (χ3v) is 2.49. The van der Waals surface area contributed by atoms with Gasteiger partial charge in [-0.2, -0.15) is 22.0 Å². The minimum absolute atomic E-state index is 0.292. The van der Waals surface area contributed by atoms with E-state index in [0.29, 0.717) is 12.1 Å². The first-order valence-electron chi connectivity index (χ1n) is 4.02. The molecule has 0 amide bonds.